The van der Waals surface area contributed by atoms with Gasteiger partial charge in [-0.05, 0) is 138 Å². The molecule has 29 heavy (non-hydrogen) atoms. The van der Waals surface area contributed by atoms with Gasteiger partial charge in [0.05, 0.1) is 12.2 Å². The van der Waals surface area contributed by atoms with Gasteiger partial charge in [-0.1, -0.05) is 0 Å². The van der Waals surface area contributed by atoms with E-state index in [1.54, 1.807) is 51.4 Å². The van der Waals surface area contributed by atoms with E-state index >= 15 is 0 Å². The van der Waals surface area contributed by atoms with Gasteiger partial charge in [-0.25, -0.2) is 0 Å². The second kappa shape index (κ2) is 9.46. The first-order chi connectivity index (χ1) is 14.2. The highest BCUT2D eigenvalue weighted by molar-refractivity contribution is 7.37. The van der Waals surface area contributed by atoms with Crippen LogP contribution in [0.2, 0.25) is 0 Å². The monoisotopic (exact) mass is 420 g/mol. The van der Waals surface area contributed by atoms with Gasteiger partial charge in [-0.2, -0.15) is 0 Å². The molecule has 2 aliphatic heterocycles. The highest BCUT2D eigenvalue weighted by Crippen LogP contribution is 2.50. The smallest absolute Gasteiger partial charge is 0.109 e. The fourth-order valence-corrected chi connectivity index (χ4v) is 9.26. The summed E-state index contributed by atoms with van der Waals surface area (Å²) in [5.74, 6) is 6.23. The van der Waals surface area contributed by atoms with Crippen LogP contribution in [-0.4, -0.2) is 37.7 Å². The van der Waals surface area contributed by atoms with Crippen molar-refractivity contribution in [3.8, 4) is 0 Å². The molecule has 6 rings (SSSR count). The van der Waals surface area contributed by atoms with Gasteiger partial charge in [-0.3, -0.25) is 0 Å². The van der Waals surface area contributed by atoms with Crippen molar-refractivity contribution in [2.24, 2.45) is 35.5 Å². The number of hydrogen-bond acceptors (Lipinski definition) is 2. The molecule has 6 aliphatic rings. The number of methoxy groups -OCH3 is 1. The minimum atomic E-state index is 0.412. The second-order valence-electron chi connectivity index (χ2n) is 11.4. The molecule has 2 heterocycles. The van der Waals surface area contributed by atoms with Crippen LogP contribution in [0.3, 0.4) is 0 Å². The number of ether oxygens (including phenoxy) is 2. The molecule has 3 heteroatoms. The maximum absolute atomic E-state index is 5.96. The summed E-state index contributed by atoms with van der Waals surface area (Å²) >= 11 is 0. The Morgan fingerprint density at radius 3 is 1.34 bits per heavy atom. The minimum Gasteiger partial charge on any atom is -0.376 e. The number of rotatable bonds is 5. The Bertz CT molecular complexity index is 503. The molecule has 3 unspecified atom stereocenters. The first kappa shape index (κ1) is 21.2. The molecule has 0 amide bonds. The zero-order valence-corrected chi connectivity index (χ0v) is 20.0. The van der Waals surface area contributed by atoms with E-state index in [2.05, 4.69) is 6.66 Å². The zero-order chi connectivity index (χ0) is 19.8. The van der Waals surface area contributed by atoms with Crippen molar-refractivity contribution in [3.05, 3.63) is 0 Å². The average molecular weight is 421 g/mol. The fourth-order valence-electron chi connectivity index (χ4n) is 8.34. The molecule has 0 spiro atoms. The predicted octanol–water partition coefficient (Wildman–Crippen LogP) is 6.66. The molecule has 0 N–H and O–H groups in total. The normalized spacial score (nSPS) is 51.1. The fraction of sp³-hybridized carbons (Fsp3) is 1.00. The van der Waals surface area contributed by atoms with Gasteiger partial charge in [0.15, 0.2) is 0 Å². The molecule has 4 saturated carbocycles. The van der Waals surface area contributed by atoms with Crippen LogP contribution >= 0.6 is 8.58 Å². The van der Waals surface area contributed by atoms with Crippen LogP contribution in [0, 0.1) is 35.5 Å². The van der Waals surface area contributed by atoms with E-state index in [-0.39, 0.29) is 0 Å². The quantitative estimate of drug-likeness (QED) is 0.463. The van der Waals surface area contributed by atoms with E-state index in [1.807, 2.05) is 7.11 Å². The maximum Gasteiger partial charge on any atom is 0.109 e. The van der Waals surface area contributed by atoms with Gasteiger partial charge in [0.25, 0.3) is 0 Å². The third kappa shape index (κ3) is 4.47. The number of fused-ring (bicyclic) bond motifs is 2. The SMILES string of the molecule is COC1C2CC(C3CCC(C4CCC(C5CCC(PC)CC5)CC4)CC3)CC1O2. The van der Waals surface area contributed by atoms with Crippen molar-refractivity contribution in [3.63, 3.8) is 0 Å². The molecule has 0 aromatic carbocycles. The summed E-state index contributed by atoms with van der Waals surface area (Å²) in [6, 6.07) is 0. The third-order valence-corrected chi connectivity index (χ3v) is 11.6. The van der Waals surface area contributed by atoms with Gasteiger partial charge < -0.3 is 9.47 Å². The maximum atomic E-state index is 5.96. The van der Waals surface area contributed by atoms with Crippen LogP contribution in [-0.2, 0) is 9.47 Å². The van der Waals surface area contributed by atoms with E-state index in [4.69, 9.17) is 9.47 Å². The summed E-state index contributed by atoms with van der Waals surface area (Å²) in [7, 11) is 3.05. The van der Waals surface area contributed by atoms with Gasteiger partial charge in [0.2, 0.25) is 0 Å². The van der Waals surface area contributed by atoms with Crippen molar-refractivity contribution in [2.45, 2.75) is 114 Å². The van der Waals surface area contributed by atoms with E-state index in [0.717, 1.165) is 41.2 Å². The molecule has 4 aliphatic carbocycles. The highest BCUT2D eigenvalue weighted by Gasteiger charge is 2.51. The molecule has 2 nitrogen and oxygen atoms in total. The molecule has 3 atom stereocenters. The lowest BCUT2D eigenvalue weighted by Gasteiger charge is -2.53. The van der Waals surface area contributed by atoms with Crippen LogP contribution in [0.5, 0.6) is 0 Å². The molecular formula is C26H45O2P. The molecule has 0 aromatic heterocycles. The Balaban J connectivity index is 1.03. The zero-order valence-electron chi connectivity index (χ0n) is 19.0. The van der Waals surface area contributed by atoms with Crippen molar-refractivity contribution in [2.75, 3.05) is 13.8 Å². The molecule has 0 radical (unpaired) electrons. The average Bonchev–Trinajstić information content (AvgIpc) is 2.80. The summed E-state index contributed by atoms with van der Waals surface area (Å²) in [6.45, 7) is 2.42. The summed E-state index contributed by atoms with van der Waals surface area (Å²) < 4.78 is 11.6. The topological polar surface area (TPSA) is 18.5 Å². The first-order valence-electron chi connectivity index (χ1n) is 13.1. The van der Waals surface area contributed by atoms with Crippen LogP contribution in [0.15, 0.2) is 0 Å². The molecule has 166 valence electrons. The predicted molar refractivity (Wildman–Crippen MR) is 123 cm³/mol. The molecular weight excluding hydrogens is 375 g/mol. The lowest BCUT2D eigenvalue weighted by atomic mass is 9.63. The largest absolute Gasteiger partial charge is 0.376 e. The van der Waals surface area contributed by atoms with E-state index in [0.29, 0.717) is 18.3 Å². The first-order valence-corrected chi connectivity index (χ1v) is 14.7. The molecule has 0 aromatic rings. The molecule has 2 bridgehead atoms. The third-order valence-electron chi connectivity index (χ3n) is 10.2. The summed E-state index contributed by atoms with van der Waals surface area (Å²) in [5.41, 5.74) is 1.08. The Morgan fingerprint density at radius 2 is 0.966 bits per heavy atom. The number of hydrogen-bond donors (Lipinski definition) is 0. The van der Waals surface area contributed by atoms with Gasteiger partial charge in [0, 0.05) is 7.11 Å². The lowest BCUT2D eigenvalue weighted by Crippen LogP contribution is -2.60. The van der Waals surface area contributed by atoms with Crippen LogP contribution in [0.1, 0.15) is 89.9 Å². The lowest BCUT2D eigenvalue weighted by molar-refractivity contribution is -0.270. The van der Waals surface area contributed by atoms with Gasteiger partial charge in [0.1, 0.15) is 6.10 Å². The van der Waals surface area contributed by atoms with Crippen LogP contribution < -0.4 is 0 Å². The Kier molecular flexibility index (Phi) is 6.92. The minimum absolute atomic E-state index is 0.412. The Labute approximate surface area is 181 Å². The Hall–Kier alpha value is 0.350. The standard InChI is InChI=1S/C26H45O2P/c1-27-26-24-15-22(16-25(26)28-24)21-9-7-18(8-10-21)17-3-5-19(6-4-17)20-11-13-23(29-2)14-12-20/h17-26,29H,3-16H2,1-2H3. The van der Waals surface area contributed by atoms with Gasteiger partial charge in [-0.15, -0.1) is 8.58 Å². The van der Waals surface area contributed by atoms with Crippen molar-refractivity contribution >= 4 is 8.58 Å². The summed E-state index contributed by atoms with van der Waals surface area (Å²) in [6.07, 6.45) is 22.3. The van der Waals surface area contributed by atoms with Crippen molar-refractivity contribution in [1.82, 2.24) is 0 Å². The summed E-state index contributed by atoms with van der Waals surface area (Å²) in [5, 5.41) is 0. The van der Waals surface area contributed by atoms with E-state index < -0.39 is 0 Å². The van der Waals surface area contributed by atoms with E-state index in [9.17, 15) is 0 Å². The van der Waals surface area contributed by atoms with E-state index in [1.165, 1.54) is 47.1 Å². The molecule has 2 saturated heterocycles. The van der Waals surface area contributed by atoms with Crippen molar-refractivity contribution < 1.29 is 9.47 Å². The Morgan fingerprint density at radius 1 is 0.586 bits per heavy atom. The summed E-state index contributed by atoms with van der Waals surface area (Å²) in [4.78, 5) is 0. The second-order valence-corrected chi connectivity index (χ2v) is 12.8. The highest BCUT2D eigenvalue weighted by atomic mass is 31.1. The molecule has 6 fully saturated rings. The van der Waals surface area contributed by atoms with Crippen LogP contribution in [0.25, 0.3) is 0 Å². The van der Waals surface area contributed by atoms with Gasteiger partial charge >= 0.3 is 0 Å². The van der Waals surface area contributed by atoms with Crippen molar-refractivity contribution in [1.29, 1.82) is 0 Å². The van der Waals surface area contributed by atoms with Crippen LogP contribution in [0.4, 0.5) is 0 Å².